The zero-order valence-electron chi connectivity index (χ0n) is 17.8. The highest BCUT2D eigenvalue weighted by atomic mass is 16.8. The average Bonchev–Trinajstić information content (AvgIpc) is 2.81. The molecule has 174 valence electrons. The SMILES string of the molecule is O=C(Cc1ccc(CCCCc2ccccc2)cc1)NO[C@@H]1O[C@H](CO)[C@@H](O)[C@H](O)[C@H]1O. The van der Waals surface area contributed by atoms with Gasteiger partial charge >= 0.3 is 0 Å². The molecule has 1 aliphatic rings. The van der Waals surface area contributed by atoms with Crippen LogP contribution in [0.2, 0.25) is 0 Å². The molecule has 0 aromatic heterocycles. The maximum atomic E-state index is 12.2. The number of aliphatic hydroxyl groups is 4. The molecule has 2 aromatic rings. The number of benzene rings is 2. The minimum atomic E-state index is -1.57. The molecule has 1 aliphatic heterocycles. The average molecular weight is 446 g/mol. The zero-order chi connectivity index (χ0) is 22.9. The van der Waals surface area contributed by atoms with E-state index in [1.54, 1.807) is 0 Å². The predicted molar refractivity (Wildman–Crippen MR) is 116 cm³/mol. The summed E-state index contributed by atoms with van der Waals surface area (Å²) in [5, 5.41) is 38.6. The van der Waals surface area contributed by atoms with Crippen molar-refractivity contribution in [2.75, 3.05) is 6.61 Å². The Kier molecular flexibility index (Phi) is 9.16. The van der Waals surface area contributed by atoms with Gasteiger partial charge in [-0.2, -0.15) is 0 Å². The maximum Gasteiger partial charge on any atom is 0.248 e. The lowest BCUT2D eigenvalue weighted by Crippen LogP contribution is -2.60. The van der Waals surface area contributed by atoms with Gasteiger partial charge in [-0.1, -0.05) is 54.6 Å². The third-order valence-electron chi connectivity index (χ3n) is 5.55. The van der Waals surface area contributed by atoms with Gasteiger partial charge in [0.05, 0.1) is 13.0 Å². The highest BCUT2D eigenvalue weighted by Gasteiger charge is 2.44. The molecule has 1 amide bonds. The topological polar surface area (TPSA) is 128 Å². The maximum absolute atomic E-state index is 12.2. The standard InChI is InChI=1S/C24H31NO7/c26-15-19-21(28)22(29)23(30)24(31-19)32-25-20(27)14-18-12-10-17(11-13-18)9-5-4-8-16-6-2-1-3-7-16/h1-3,6-7,10-13,19,21-24,26,28-30H,4-5,8-9,14-15H2,(H,25,27)/t19-,21-,22+,23-,24+/m1/s1. The van der Waals surface area contributed by atoms with Crippen molar-refractivity contribution in [3.05, 3.63) is 71.3 Å². The number of carbonyl (C=O) groups excluding carboxylic acids is 1. The van der Waals surface area contributed by atoms with E-state index in [4.69, 9.17) is 9.57 Å². The van der Waals surface area contributed by atoms with Gasteiger partial charge < -0.3 is 25.2 Å². The molecule has 0 saturated carbocycles. The Labute approximate surface area is 187 Å². The lowest BCUT2D eigenvalue weighted by atomic mass is 9.99. The van der Waals surface area contributed by atoms with Gasteiger partial charge in [-0.05, 0) is 42.4 Å². The lowest BCUT2D eigenvalue weighted by molar-refractivity contribution is -0.313. The van der Waals surface area contributed by atoms with Gasteiger partial charge in [-0.15, -0.1) is 0 Å². The van der Waals surface area contributed by atoms with Crippen molar-refractivity contribution >= 4 is 5.91 Å². The largest absolute Gasteiger partial charge is 0.394 e. The second-order valence-electron chi connectivity index (χ2n) is 8.03. The first kappa shape index (κ1) is 24.3. The van der Waals surface area contributed by atoms with Crippen LogP contribution < -0.4 is 5.48 Å². The fraction of sp³-hybridized carbons (Fsp3) is 0.458. The van der Waals surface area contributed by atoms with Crippen LogP contribution in [0.15, 0.2) is 54.6 Å². The molecule has 5 atom stereocenters. The zero-order valence-corrected chi connectivity index (χ0v) is 17.8. The molecule has 1 saturated heterocycles. The molecular formula is C24H31NO7. The Morgan fingerprint density at radius 2 is 1.44 bits per heavy atom. The number of aliphatic hydroxyl groups excluding tert-OH is 4. The minimum Gasteiger partial charge on any atom is -0.394 e. The van der Waals surface area contributed by atoms with E-state index >= 15 is 0 Å². The van der Waals surface area contributed by atoms with Gasteiger partial charge in [-0.25, -0.2) is 10.3 Å². The normalized spacial score (nSPS) is 25.4. The summed E-state index contributed by atoms with van der Waals surface area (Å²) in [6, 6.07) is 18.2. The Morgan fingerprint density at radius 3 is 2.06 bits per heavy atom. The summed E-state index contributed by atoms with van der Waals surface area (Å²) in [5.74, 6) is -0.461. The fourth-order valence-electron chi connectivity index (χ4n) is 3.64. The van der Waals surface area contributed by atoms with E-state index in [-0.39, 0.29) is 6.42 Å². The van der Waals surface area contributed by atoms with Crippen LogP contribution >= 0.6 is 0 Å². The molecule has 0 bridgehead atoms. The van der Waals surface area contributed by atoms with Crippen LogP contribution in [0.4, 0.5) is 0 Å². The third kappa shape index (κ3) is 6.83. The van der Waals surface area contributed by atoms with Crippen molar-refractivity contribution in [3.63, 3.8) is 0 Å². The summed E-state index contributed by atoms with van der Waals surface area (Å²) in [4.78, 5) is 17.2. The lowest BCUT2D eigenvalue weighted by Gasteiger charge is -2.39. The van der Waals surface area contributed by atoms with Crippen molar-refractivity contribution in [3.8, 4) is 0 Å². The van der Waals surface area contributed by atoms with Crippen LogP contribution in [-0.4, -0.2) is 63.6 Å². The molecule has 1 fully saturated rings. The molecule has 3 rings (SSSR count). The number of hydroxylamine groups is 1. The monoisotopic (exact) mass is 445 g/mol. The second-order valence-corrected chi connectivity index (χ2v) is 8.03. The number of rotatable bonds is 10. The van der Waals surface area contributed by atoms with Crippen molar-refractivity contribution in [1.82, 2.24) is 5.48 Å². The first-order chi connectivity index (χ1) is 15.5. The smallest absolute Gasteiger partial charge is 0.248 e. The third-order valence-corrected chi connectivity index (χ3v) is 5.55. The van der Waals surface area contributed by atoms with Crippen LogP contribution in [0, 0.1) is 0 Å². The number of nitrogens with one attached hydrogen (secondary N) is 1. The van der Waals surface area contributed by atoms with Crippen molar-refractivity contribution in [2.45, 2.75) is 62.8 Å². The first-order valence-electron chi connectivity index (χ1n) is 10.8. The number of carbonyl (C=O) groups is 1. The van der Waals surface area contributed by atoms with E-state index in [1.165, 1.54) is 11.1 Å². The number of hydrogen-bond acceptors (Lipinski definition) is 7. The first-order valence-corrected chi connectivity index (χ1v) is 10.8. The Morgan fingerprint density at radius 1 is 0.844 bits per heavy atom. The molecule has 32 heavy (non-hydrogen) atoms. The van der Waals surface area contributed by atoms with Crippen LogP contribution in [0.1, 0.15) is 29.5 Å². The van der Waals surface area contributed by atoms with E-state index in [2.05, 4.69) is 29.7 Å². The van der Waals surface area contributed by atoms with Crippen LogP contribution in [-0.2, 0) is 33.6 Å². The van der Waals surface area contributed by atoms with Gasteiger partial charge in [-0.3, -0.25) is 4.79 Å². The molecule has 1 heterocycles. The number of amides is 1. The van der Waals surface area contributed by atoms with E-state index < -0.39 is 43.2 Å². The second kappa shape index (κ2) is 12.1. The van der Waals surface area contributed by atoms with Crippen molar-refractivity contribution in [1.29, 1.82) is 0 Å². The molecule has 5 N–H and O–H groups in total. The number of unbranched alkanes of at least 4 members (excludes halogenated alkanes) is 1. The highest BCUT2D eigenvalue weighted by molar-refractivity contribution is 5.77. The highest BCUT2D eigenvalue weighted by Crippen LogP contribution is 2.21. The quantitative estimate of drug-likeness (QED) is 0.268. The van der Waals surface area contributed by atoms with E-state index in [0.29, 0.717) is 0 Å². The van der Waals surface area contributed by atoms with Crippen LogP contribution in [0.3, 0.4) is 0 Å². The molecule has 8 nitrogen and oxygen atoms in total. The molecular weight excluding hydrogens is 414 g/mol. The summed E-state index contributed by atoms with van der Waals surface area (Å²) >= 11 is 0. The molecule has 8 heteroatoms. The minimum absolute atomic E-state index is 0.0612. The Bertz CT molecular complexity index is 828. The van der Waals surface area contributed by atoms with Crippen molar-refractivity contribution < 1.29 is 34.8 Å². The molecule has 0 unspecified atom stereocenters. The van der Waals surface area contributed by atoms with E-state index in [0.717, 1.165) is 31.2 Å². The summed E-state index contributed by atoms with van der Waals surface area (Å²) in [6.45, 7) is -0.572. The molecule has 0 spiro atoms. The van der Waals surface area contributed by atoms with E-state index in [9.17, 15) is 25.2 Å². The number of hydrogen-bond donors (Lipinski definition) is 5. The van der Waals surface area contributed by atoms with Crippen LogP contribution in [0.5, 0.6) is 0 Å². The number of ether oxygens (including phenoxy) is 1. The van der Waals surface area contributed by atoms with Gasteiger partial charge in [0.15, 0.2) is 0 Å². The molecule has 0 aliphatic carbocycles. The van der Waals surface area contributed by atoms with Crippen LogP contribution in [0.25, 0.3) is 0 Å². The summed E-state index contributed by atoms with van der Waals surface area (Å²) < 4.78 is 5.17. The van der Waals surface area contributed by atoms with Crippen molar-refractivity contribution in [2.24, 2.45) is 0 Å². The van der Waals surface area contributed by atoms with Gasteiger partial charge in [0, 0.05) is 0 Å². The Hall–Kier alpha value is -2.33. The van der Waals surface area contributed by atoms with Gasteiger partial charge in [0.2, 0.25) is 12.2 Å². The van der Waals surface area contributed by atoms with Gasteiger partial charge in [0.25, 0.3) is 0 Å². The fourth-order valence-corrected chi connectivity index (χ4v) is 3.64. The van der Waals surface area contributed by atoms with Gasteiger partial charge in [0.1, 0.15) is 24.4 Å². The summed E-state index contributed by atoms with van der Waals surface area (Å²) in [5.41, 5.74) is 5.54. The summed E-state index contributed by atoms with van der Waals surface area (Å²) in [7, 11) is 0. The predicted octanol–water partition coefficient (Wildman–Crippen LogP) is 0.642. The number of aryl methyl sites for hydroxylation is 2. The molecule has 2 aromatic carbocycles. The summed E-state index contributed by atoms with van der Waals surface area (Å²) in [6.07, 6.45) is -2.84. The van der Waals surface area contributed by atoms with E-state index in [1.807, 2.05) is 30.3 Å². The Balaban J connectivity index is 1.38. The molecule has 0 radical (unpaired) electrons.